The Kier molecular flexibility index (Phi) is 3.92. The van der Waals surface area contributed by atoms with Gasteiger partial charge in [-0.05, 0) is 31.2 Å². The number of carbonyl (C=O) groups is 2. The Bertz CT molecular complexity index is 1030. The highest BCUT2D eigenvalue weighted by molar-refractivity contribution is 6.15. The SMILES string of the molecule is Cc1ccc2cccc(C(=O)N3CC(C)C(=O)Nc4ccccc43)c2n1. The summed E-state index contributed by atoms with van der Waals surface area (Å²) in [5.41, 5.74) is 3.45. The van der Waals surface area contributed by atoms with Crippen LogP contribution in [-0.4, -0.2) is 23.3 Å². The molecule has 4 rings (SSSR count). The fourth-order valence-electron chi connectivity index (χ4n) is 3.28. The van der Waals surface area contributed by atoms with Crippen molar-refractivity contribution < 1.29 is 9.59 Å². The van der Waals surface area contributed by atoms with Crippen molar-refractivity contribution in [1.82, 2.24) is 4.98 Å². The van der Waals surface area contributed by atoms with Crippen LogP contribution in [0.2, 0.25) is 0 Å². The Hall–Kier alpha value is -3.21. The molecule has 3 aromatic rings. The number of fused-ring (bicyclic) bond motifs is 2. The summed E-state index contributed by atoms with van der Waals surface area (Å²) in [6.45, 7) is 4.06. The normalized spacial score (nSPS) is 16.8. The molecule has 5 nitrogen and oxygen atoms in total. The minimum absolute atomic E-state index is 0.0837. The van der Waals surface area contributed by atoms with Crippen molar-refractivity contribution in [2.24, 2.45) is 5.92 Å². The molecule has 1 aromatic heterocycles. The fraction of sp³-hybridized carbons (Fsp3) is 0.190. The lowest BCUT2D eigenvalue weighted by atomic mass is 10.1. The summed E-state index contributed by atoms with van der Waals surface area (Å²) in [7, 11) is 0. The number of para-hydroxylation sites is 3. The van der Waals surface area contributed by atoms with Gasteiger partial charge in [-0.25, -0.2) is 0 Å². The number of rotatable bonds is 1. The number of amides is 2. The zero-order chi connectivity index (χ0) is 18.3. The van der Waals surface area contributed by atoms with E-state index in [1.54, 1.807) is 11.0 Å². The zero-order valence-electron chi connectivity index (χ0n) is 14.7. The number of hydrogen-bond donors (Lipinski definition) is 1. The van der Waals surface area contributed by atoms with Crippen molar-refractivity contribution in [2.75, 3.05) is 16.8 Å². The maximum absolute atomic E-state index is 13.4. The van der Waals surface area contributed by atoms with E-state index in [1.165, 1.54) is 0 Å². The largest absolute Gasteiger partial charge is 0.324 e. The fourth-order valence-corrected chi connectivity index (χ4v) is 3.28. The number of aryl methyl sites for hydroxylation is 1. The van der Waals surface area contributed by atoms with Crippen molar-refractivity contribution in [3.63, 3.8) is 0 Å². The van der Waals surface area contributed by atoms with Crippen molar-refractivity contribution in [1.29, 1.82) is 0 Å². The van der Waals surface area contributed by atoms with E-state index in [9.17, 15) is 9.59 Å². The molecule has 1 unspecified atom stereocenters. The van der Waals surface area contributed by atoms with Crippen molar-refractivity contribution >= 4 is 34.1 Å². The predicted molar refractivity (Wildman–Crippen MR) is 102 cm³/mol. The molecular formula is C21H19N3O2. The molecule has 0 saturated carbocycles. The van der Waals surface area contributed by atoms with Crippen LogP contribution in [0.1, 0.15) is 23.0 Å². The number of nitrogens with zero attached hydrogens (tertiary/aromatic N) is 2. The highest BCUT2D eigenvalue weighted by Crippen LogP contribution is 2.32. The quantitative estimate of drug-likeness (QED) is 0.730. The van der Waals surface area contributed by atoms with E-state index in [0.29, 0.717) is 29.0 Å². The molecule has 130 valence electrons. The van der Waals surface area contributed by atoms with Gasteiger partial charge in [0.25, 0.3) is 5.91 Å². The third-order valence-electron chi connectivity index (χ3n) is 4.69. The Labute approximate surface area is 151 Å². The van der Waals surface area contributed by atoms with E-state index in [2.05, 4.69) is 10.3 Å². The maximum atomic E-state index is 13.4. The molecule has 0 radical (unpaired) electrons. The second kappa shape index (κ2) is 6.26. The number of nitrogens with one attached hydrogen (secondary N) is 1. The summed E-state index contributed by atoms with van der Waals surface area (Å²) in [5.74, 6) is -0.542. The van der Waals surface area contributed by atoms with Crippen LogP contribution >= 0.6 is 0 Å². The van der Waals surface area contributed by atoms with Crippen LogP contribution in [0.4, 0.5) is 11.4 Å². The second-order valence-electron chi connectivity index (χ2n) is 6.65. The number of hydrogen-bond acceptors (Lipinski definition) is 3. The standard InChI is InChI=1S/C21H19N3O2/c1-13-12-24(18-9-4-3-8-17(18)23-20(13)25)21(26)16-7-5-6-15-11-10-14(2)22-19(15)16/h3-11,13H,12H2,1-2H3,(H,23,25). The van der Waals surface area contributed by atoms with Crippen LogP contribution in [0.15, 0.2) is 54.6 Å². The molecule has 0 saturated heterocycles. The molecule has 2 heterocycles. The van der Waals surface area contributed by atoms with Crippen molar-refractivity contribution in [3.05, 3.63) is 65.9 Å². The molecule has 2 aromatic carbocycles. The number of aromatic nitrogens is 1. The van der Waals surface area contributed by atoms with Crippen molar-refractivity contribution in [3.8, 4) is 0 Å². The van der Waals surface area contributed by atoms with E-state index in [0.717, 1.165) is 11.1 Å². The van der Waals surface area contributed by atoms with Gasteiger partial charge in [0.1, 0.15) is 0 Å². The smallest absolute Gasteiger partial charge is 0.260 e. The van der Waals surface area contributed by atoms with E-state index >= 15 is 0 Å². The zero-order valence-corrected chi connectivity index (χ0v) is 14.7. The van der Waals surface area contributed by atoms with Crippen LogP contribution in [0, 0.1) is 12.8 Å². The van der Waals surface area contributed by atoms with Gasteiger partial charge < -0.3 is 10.2 Å². The van der Waals surface area contributed by atoms with Gasteiger partial charge in [-0.15, -0.1) is 0 Å². The molecule has 0 spiro atoms. The van der Waals surface area contributed by atoms with Crippen molar-refractivity contribution in [2.45, 2.75) is 13.8 Å². The Balaban J connectivity index is 1.86. The van der Waals surface area contributed by atoms with Gasteiger partial charge in [0, 0.05) is 17.6 Å². The number of anilines is 2. The molecule has 0 fully saturated rings. The first-order valence-corrected chi connectivity index (χ1v) is 8.63. The van der Waals surface area contributed by atoms with Gasteiger partial charge in [-0.2, -0.15) is 0 Å². The van der Waals surface area contributed by atoms with Crippen LogP contribution in [-0.2, 0) is 4.79 Å². The lowest BCUT2D eigenvalue weighted by Gasteiger charge is -2.24. The molecule has 1 N–H and O–H groups in total. The molecule has 0 aliphatic carbocycles. The van der Waals surface area contributed by atoms with E-state index < -0.39 is 0 Å². The monoisotopic (exact) mass is 345 g/mol. The van der Waals surface area contributed by atoms with E-state index in [1.807, 2.05) is 62.4 Å². The summed E-state index contributed by atoms with van der Waals surface area (Å²) < 4.78 is 0. The van der Waals surface area contributed by atoms with Gasteiger partial charge in [-0.1, -0.05) is 37.3 Å². The third-order valence-corrected chi connectivity index (χ3v) is 4.69. The third kappa shape index (κ3) is 2.71. The lowest BCUT2D eigenvalue weighted by molar-refractivity contribution is -0.119. The average molecular weight is 345 g/mol. The summed E-state index contributed by atoms with van der Waals surface area (Å²) in [6.07, 6.45) is 0. The van der Waals surface area contributed by atoms with E-state index in [-0.39, 0.29) is 17.7 Å². The highest BCUT2D eigenvalue weighted by Gasteiger charge is 2.30. The number of benzene rings is 2. The summed E-state index contributed by atoms with van der Waals surface area (Å²) >= 11 is 0. The Morgan fingerprint density at radius 3 is 2.77 bits per heavy atom. The maximum Gasteiger partial charge on any atom is 0.260 e. The number of carbonyl (C=O) groups excluding carboxylic acids is 2. The average Bonchev–Trinajstić information content (AvgIpc) is 2.77. The summed E-state index contributed by atoms with van der Waals surface area (Å²) in [6, 6.07) is 16.9. The molecule has 1 aliphatic rings. The molecule has 2 amide bonds. The molecular weight excluding hydrogens is 326 g/mol. The molecule has 26 heavy (non-hydrogen) atoms. The second-order valence-corrected chi connectivity index (χ2v) is 6.65. The van der Waals surface area contributed by atoms with E-state index in [4.69, 9.17) is 0 Å². The van der Waals surface area contributed by atoms with Crippen LogP contribution in [0.25, 0.3) is 10.9 Å². The van der Waals surface area contributed by atoms with Crippen LogP contribution < -0.4 is 10.2 Å². The molecule has 5 heteroatoms. The van der Waals surface area contributed by atoms with Gasteiger partial charge in [-0.3, -0.25) is 14.6 Å². The first-order valence-electron chi connectivity index (χ1n) is 8.63. The van der Waals surface area contributed by atoms with Gasteiger partial charge in [0.05, 0.1) is 28.4 Å². The van der Waals surface area contributed by atoms with Gasteiger partial charge in [0.15, 0.2) is 0 Å². The lowest BCUT2D eigenvalue weighted by Crippen LogP contribution is -2.36. The number of pyridine rings is 1. The summed E-state index contributed by atoms with van der Waals surface area (Å²) in [4.78, 5) is 32.0. The minimum atomic E-state index is -0.309. The highest BCUT2D eigenvalue weighted by atomic mass is 16.2. The van der Waals surface area contributed by atoms with Gasteiger partial charge >= 0.3 is 0 Å². The molecule has 1 aliphatic heterocycles. The van der Waals surface area contributed by atoms with Crippen LogP contribution in [0.3, 0.4) is 0 Å². The molecule has 1 atom stereocenters. The van der Waals surface area contributed by atoms with Crippen LogP contribution in [0.5, 0.6) is 0 Å². The first-order chi connectivity index (χ1) is 12.5. The topological polar surface area (TPSA) is 62.3 Å². The summed E-state index contributed by atoms with van der Waals surface area (Å²) in [5, 5.41) is 3.83. The Morgan fingerprint density at radius 2 is 1.92 bits per heavy atom. The first kappa shape index (κ1) is 16.3. The predicted octanol–water partition coefficient (Wildman–Crippen LogP) is 3.78. The molecule has 0 bridgehead atoms. The van der Waals surface area contributed by atoms with Gasteiger partial charge in [0.2, 0.25) is 5.91 Å². The minimum Gasteiger partial charge on any atom is -0.324 e. The Morgan fingerprint density at radius 1 is 1.12 bits per heavy atom.